The third kappa shape index (κ3) is 5.35. The van der Waals surface area contributed by atoms with E-state index in [1.165, 1.54) is 5.56 Å². The fourth-order valence-electron chi connectivity index (χ4n) is 1.97. The predicted octanol–water partition coefficient (Wildman–Crippen LogP) is 5.09. The van der Waals surface area contributed by atoms with Crippen molar-refractivity contribution < 1.29 is 4.43 Å². The molecule has 102 valence electrons. The fraction of sp³-hybridized carbons (Fsp3) is 0.538. The van der Waals surface area contributed by atoms with Crippen LogP contribution in [-0.4, -0.2) is 15.7 Å². The van der Waals surface area contributed by atoms with E-state index in [-0.39, 0.29) is 0 Å². The molecule has 0 bridgehead atoms. The van der Waals surface area contributed by atoms with Gasteiger partial charge in [-0.3, -0.25) is 0 Å². The largest absolute Gasteiger partial charge is 0.544 e. The minimum atomic E-state index is -1.59. The van der Waals surface area contributed by atoms with Crippen molar-refractivity contribution in [3.8, 4) is 5.75 Å². The lowest BCUT2D eigenvalue weighted by atomic mass is 9.97. The van der Waals surface area contributed by atoms with Crippen molar-refractivity contribution in [2.75, 3.05) is 0 Å². The average molecular weight is 321 g/mol. The molecule has 1 nitrogen and oxygen atoms in total. The molecule has 18 heavy (non-hydrogen) atoms. The molecule has 0 saturated carbocycles. The van der Waals surface area contributed by atoms with Gasteiger partial charge in [-0.05, 0) is 49.7 Å². The molecule has 0 amide bonds. The van der Waals surface area contributed by atoms with Crippen LogP contribution >= 0.6 is 22.2 Å². The van der Waals surface area contributed by atoms with Gasteiger partial charge in [-0.2, -0.15) is 22.2 Å². The van der Waals surface area contributed by atoms with Gasteiger partial charge in [0.15, 0.2) is 0 Å². The second-order valence-corrected chi connectivity index (χ2v) is 15.0. The van der Waals surface area contributed by atoms with E-state index in [9.17, 15) is 0 Å². The van der Waals surface area contributed by atoms with Crippen molar-refractivity contribution >= 4 is 37.9 Å². The van der Waals surface area contributed by atoms with Crippen LogP contribution in [0.4, 0.5) is 0 Å². The summed E-state index contributed by atoms with van der Waals surface area (Å²) in [6, 6.07) is 9.21. The van der Waals surface area contributed by atoms with Crippen molar-refractivity contribution in [2.45, 2.75) is 44.9 Å². The van der Waals surface area contributed by atoms with Gasteiger partial charge in [-0.25, -0.2) is 0 Å². The molecule has 0 aliphatic heterocycles. The van der Waals surface area contributed by atoms with Crippen LogP contribution in [-0.2, 0) is 0 Å². The number of hydrogen-bond acceptors (Lipinski definition) is 1. The molecule has 0 N–H and O–H groups in total. The topological polar surface area (TPSA) is 9.23 Å². The van der Waals surface area contributed by atoms with Crippen LogP contribution in [0.15, 0.2) is 24.3 Å². The summed E-state index contributed by atoms with van der Waals surface area (Å²) in [5.74, 6) is 1.44. The Balaban J connectivity index is 2.99. The lowest BCUT2D eigenvalue weighted by molar-refractivity contribution is 0.538. The summed E-state index contributed by atoms with van der Waals surface area (Å²) in [6.45, 7) is 8.78. The summed E-state index contributed by atoms with van der Waals surface area (Å²) in [7, 11) is -3.17. The number of halogens is 2. The Kier molecular flexibility index (Phi) is 6.25. The van der Waals surface area contributed by atoms with Crippen molar-refractivity contribution in [1.82, 2.24) is 0 Å². The van der Waals surface area contributed by atoms with Gasteiger partial charge in [0.25, 0.3) is 0 Å². The molecule has 5 heteroatoms. The molecule has 0 saturated heterocycles. The van der Waals surface area contributed by atoms with Crippen LogP contribution in [0.3, 0.4) is 0 Å². The first-order valence-corrected chi connectivity index (χ1v) is 14.1. The summed E-state index contributed by atoms with van der Waals surface area (Å²) in [5.41, 5.74) is 1.27. The highest BCUT2D eigenvalue weighted by atomic mass is 35.7. The average Bonchev–Trinajstić information content (AvgIpc) is 2.24. The predicted molar refractivity (Wildman–Crippen MR) is 87.1 cm³/mol. The Morgan fingerprint density at radius 2 is 1.83 bits per heavy atom. The van der Waals surface area contributed by atoms with Crippen LogP contribution in [0.1, 0.15) is 24.8 Å². The maximum absolute atomic E-state index is 6.17. The Hall–Kier alpha value is 0.0338. The summed E-state index contributed by atoms with van der Waals surface area (Å²) >= 11 is 12.1. The summed E-state index contributed by atoms with van der Waals surface area (Å²) in [4.78, 5) is 0. The molecule has 0 radical (unpaired) electrons. The first-order valence-electron chi connectivity index (χ1n) is 6.39. The van der Waals surface area contributed by atoms with Gasteiger partial charge in [0.1, 0.15) is 5.75 Å². The van der Waals surface area contributed by atoms with Crippen molar-refractivity contribution in [2.24, 2.45) is 0 Å². The second kappa shape index (κ2) is 6.99. The minimum Gasteiger partial charge on any atom is -0.544 e. The van der Waals surface area contributed by atoms with Gasteiger partial charge in [0.2, 0.25) is 15.7 Å². The monoisotopic (exact) mass is 320 g/mol. The molecule has 1 aromatic rings. The number of rotatable bonds is 6. The van der Waals surface area contributed by atoms with Crippen LogP contribution in [0.5, 0.6) is 5.75 Å². The number of para-hydroxylation sites is 1. The molecule has 1 rings (SSSR count). The Morgan fingerprint density at radius 1 is 1.22 bits per heavy atom. The van der Waals surface area contributed by atoms with Crippen LogP contribution < -0.4 is 4.43 Å². The lowest BCUT2D eigenvalue weighted by Crippen LogP contribution is -2.30. The molecule has 1 atom stereocenters. The minimum absolute atomic E-state index is 0.421. The zero-order valence-corrected chi connectivity index (χ0v) is 15.2. The number of hydrogen-bond donors (Lipinski definition) is 0. The zero-order chi connectivity index (χ0) is 13.8. The SMILES string of the molecule is CCC(C[SiH](Cl)Cl)c1ccccc1O[Si](C)(C)C. The molecular formula is C13H22Cl2OSi2. The third-order valence-corrected chi connectivity index (χ3v) is 5.56. The maximum Gasteiger partial charge on any atom is 0.242 e. The third-order valence-electron chi connectivity index (χ3n) is 2.73. The second-order valence-electron chi connectivity index (χ2n) is 5.48. The van der Waals surface area contributed by atoms with Gasteiger partial charge in [0.05, 0.1) is 0 Å². The highest BCUT2D eigenvalue weighted by molar-refractivity contribution is 7.33. The van der Waals surface area contributed by atoms with E-state index in [1.54, 1.807) is 0 Å². The van der Waals surface area contributed by atoms with Gasteiger partial charge >= 0.3 is 0 Å². The van der Waals surface area contributed by atoms with E-state index in [0.29, 0.717) is 5.92 Å². The van der Waals surface area contributed by atoms with E-state index in [1.807, 2.05) is 6.07 Å². The zero-order valence-electron chi connectivity index (χ0n) is 11.5. The summed E-state index contributed by atoms with van der Waals surface area (Å²) < 4.78 is 6.17. The molecule has 0 aliphatic carbocycles. The molecular weight excluding hydrogens is 299 g/mol. The Labute approximate surface area is 123 Å². The summed E-state index contributed by atoms with van der Waals surface area (Å²) in [5, 5.41) is 0. The molecule has 0 fully saturated rings. The van der Waals surface area contributed by atoms with E-state index in [0.717, 1.165) is 18.2 Å². The smallest absolute Gasteiger partial charge is 0.242 e. The molecule has 0 heterocycles. The highest BCUT2D eigenvalue weighted by Crippen LogP contribution is 2.34. The van der Waals surface area contributed by atoms with Gasteiger partial charge in [-0.1, -0.05) is 25.1 Å². The van der Waals surface area contributed by atoms with E-state index in [2.05, 4.69) is 44.8 Å². The lowest BCUT2D eigenvalue weighted by Gasteiger charge is -2.25. The van der Waals surface area contributed by atoms with Gasteiger partial charge in [-0.15, -0.1) is 0 Å². The van der Waals surface area contributed by atoms with Gasteiger partial charge in [0, 0.05) is 0 Å². The number of benzene rings is 1. The van der Waals surface area contributed by atoms with Gasteiger partial charge < -0.3 is 4.43 Å². The molecule has 0 aliphatic rings. The standard InChI is InChI=1S/C13H22Cl2OSi2/c1-5-11(10-17(14)15)12-8-6-7-9-13(12)16-18(2,3)4/h6-9,11,17H,5,10H2,1-4H3. The normalized spacial score (nSPS) is 13.7. The van der Waals surface area contributed by atoms with E-state index >= 15 is 0 Å². The molecule has 0 spiro atoms. The van der Waals surface area contributed by atoms with Crippen molar-refractivity contribution in [1.29, 1.82) is 0 Å². The van der Waals surface area contributed by atoms with E-state index < -0.39 is 15.7 Å². The molecule has 1 aromatic carbocycles. The van der Waals surface area contributed by atoms with Crippen molar-refractivity contribution in [3.63, 3.8) is 0 Å². The first-order chi connectivity index (χ1) is 8.33. The van der Waals surface area contributed by atoms with Crippen LogP contribution in [0, 0.1) is 0 Å². The quantitative estimate of drug-likeness (QED) is 0.524. The van der Waals surface area contributed by atoms with Crippen LogP contribution in [0.2, 0.25) is 25.7 Å². The molecule has 1 unspecified atom stereocenters. The fourth-order valence-corrected chi connectivity index (χ4v) is 5.12. The Bertz CT molecular complexity index is 377. The highest BCUT2D eigenvalue weighted by Gasteiger charge is 2.22. The van der Waals surface area contributed by atoms with E-state index in [4.69, 9.17) is 26.6 Å². The van der Waals surface area contributed by atoms with Crippen molar-refractivity contribution in [3.05, 3.63) is 29.8 Å². The summed E-state index contributed by atoms with van der Waals surface area (Å²) in [6.07, 6.45) is 1.05. The first kappa shape index (κ1) is 16.1. The maximum atomic E-state index is 6.17. The Morgan fingerprint density at radius 3 is 2.33 bits per heavy atom. The van der Waals surface area contributed by atoms with Crippen LogP contribution in [0.25, 0.3) is 0 Å². The molecule has 0 aromatic heterocycles.